The molecule has 1 aromatic heterocycles. The van der Waals surface area contributed by atoms with Gasteiger partial charge in [0, 0.05) is 6.20 Å². The molecule has 1 aromatic carbocycles. The number of carbonyl (C=O) groups is 1. The van der Waals surface area contributed by atoms with Crippen molar-refractivity contribution in [2.45, 2.75) is 39.0 Å². The van der Waals surface area contributed by atoms with E-state index in [0.29, 0.717) is 12.2 Å². The standard InChI is InChI=1S/C18H20N2O/c1-13-6-9-17(19-12-13)20-18(21)11-14-7-8-15-4-2-3-5-16(15)10-14/h6-10,12H,2-5,11H2,1H3,(H,19,20,21). The van der Waals surface area contributed by atoms with Crippen LogP contribution in [0.1, 0.15) is 35.1 Å². The fraction of sp³-hybridized carbons (Fsp3) is 0.333. The maximum Gasteiger partial charge on any atom is 0.229 e. The lowest BCUT2D eigenvalue weighted by molar-refractivity contribution is -0.115. The predicted molar refractivity (Wildman–Crippen MR) is 84.4 cm³/mol. The summed E-state index contributed by atoms with van der Waals surface area (Å²) in [5.41, 5.74) is 5.04. The predicted octanol–water partition coefficient (Wildman–Crippen LogP) is 3.45. The first-order valence-corrected chi connectivity index (χ1v) is 7.54. The molecule has 0 saturated carbocycles. The lowest BCUT2D eigenvalue weighted by Crippen LogP contribution is -2.15. The van der Waals surface area contributed by atoms with Gasteiger partial charge in [0.1, 0.15) is 5.82 Å². The average Bonchev–Trinajstić information content (AvgIpc) is 2.49. The summed E-state index contributed by atoms with van der Waals surface area (Å²) < 4.78 is 0. The average molecular weight is 280 g/mol. The number of benzene rings is 1. The van der Waals surface area contributed by atoms with Crippen molar-refractivity contribution in [1.82, 2.24) is 4.98 Å². The van der Waals surface area contributed by atoms with Crippen molar-refractivity contribution in [2.75, 3.05) is 5.32 Å². The van der Waals surface area contributed by atoms with Crippen molar-refractivity contribution in [3.05, 3.63) is 58.8 Å². The maximum atomic E-state index is 12.1. The molecule has 2 aromatic rings. The van der Waals surface area contributed by atoms with Crippen LogP contribution in [0.3, 0.4) is 0 Å². The van der Waals surface area contributed by atoms with Gasteiger partial charge in [-0.05, 0) is 60.9 Å². The first-order chi connectivity index (χ1) is 10.2. The van der Waals surface area contributed by atoms with Crippen LogP contribution in [0.15, 0.2) is 36.5 Å². The Balaban J connectivity index is 1.65. The smallest absolute Gasteiger partial charge is 0.229 e. The molecule has 0 aliphatic heterocycles. The van der Waals surface area contributed by atoms with Crippen molar-refractivity contribution in [1.29, 1.82) is 0 Å². The van der Waals surface area contributed by atoms with E-state index in [0.717, 1.165) is 17.5 Å². The minimum atomic E-state index is -0.0119. The number of hydrogen-bond donors (Lipinski definition) is 1. The number of aromatic nitrogens is 1. The zero-order valence-electron chi connectivity index (χ0n) is 12.4. The number of rotatable bonds is 3. The van der Waals surface area contributed by atoms with E-state index < -0.39 is 0 Å². The van der Waals surface area contributed by atoms with Crippen LogP contribution in [0.4, 0.5) is 5.82 Å². The van der Waals surface area contributed by atoms with E-state index in [2.05, 4.69) is 28.5 Å². The molecule has 1 N–H and O–H groups in total. The first-order valence-electron chi connectivity index (χ1n) is 7.54. The molecule has 0 saturated heterocycles. The Morgan fingerprint density at radius 1 is 1.14 bits per heavy atom. The number of nitrogens with one attached hydrogen (secondary N) is 1. The maximum absolute atomic E-state index is 12.1. The molecule has 3 nitrogen and oxygen atoms in total. The Kier molecular flexibility index (Phi) is 4.00. The van der Waals surface area contributed by atoms with Gasteiger partial charge in [0.2, 0.25) is 5.91 Å². The summed E-state index contributed by atoms with van der Waals surface area (Å²) in [6.45, 7) is 1.98. The molecule has 0 spiro atoms. The minimum Gasteiger partial charge on any atom is -0.310 e. The lowest BCUT2D eigenvalue weighted by atomic mass is 9.90. The van der Waals surface area contributed by atoms with Crippen LogP contribution in [0.25, 0.3) is 0 Å². The number of pyridine rings is 1. The number of fused-ring (bicyclic) bond motifs is 1. The monoisotopic (exact) mass is 280 g/mol. The van der Waals surface area contributed by atoms with Crippen LogP contribution < -0.4 is 5.32 Å². The molecule has 3 heteroatoms. The molecule has 0 fully saturated rings. The number of amides is 1. The van der Waals surface area contributed by atoms with Crippen LogP contribution in [0, 0.1) is 6.92 Å². The molecular weight excluding hydrogens is 260 g/mol. The van der Waals surface area contributed by atoms with Gasteiger partial charge in [-0.15, -0.1) is 0 Å². The van der Waals surface area contributed by atoms with E-state index in [4.69, 9.17) is 0 Å². The van der Waals surface area contributed by atoms with Crippen LogP contribution in [-0.4, -0.2) is 10.9 Å². The van der Waals surface area contributed by atoms with Crippen molar-refractivity contribution >= 4 is 11.7 Å². The van der Waals surface area contributed by atoms with Gasteiger partial charge in [0.15, 0.2) is 0 Å². The zero-order valence-corrected chi connectivity index (χ0v) is 12.4. The summed E-state index contributed by atoms with van der Waals surface area (Å²) in [6.07, 6.45) is 7.03. The molecule has 1 aliphatic rings. The number of anilines is 1. The van der Waals surface area contributed by atoms with E-state index in [1.54, 1.807) is 6.20 Å². The second kappa shape index (κ2) is 6.08. The molecule has 0 radical (unpaired) electrons. The molecule has 3 rings (SSSR count). The highest BCUT2D eigenvalue weighted by Gasteiger charge is 2.11. The number of aryl methyl sites for hydroxylation is 3. The van der Waals surface area contributed by atoms with Gasteiger partial charge in [-0.2, -0.15) is 0 Å². The van der Waals surface area contributed by atoms with Gasteiger partial charge >= 0.3 is 0 Å². The summed E-state index contributed by atoms with van der Waals surface area (Å²) in [6, 6.07) is 10.2. The van der Waals surface area contributed by atoms with Gasteiger partial charge in [0.25, 0.3) is 0 Å². The van der Waals surface area contributed by atoms with E-state index in [9.17, 15) is 4.79 Å². The SMILES string of the molecule is Cc1ccc(NC(=O)Cc2ccc3c(c2)CCCC3)nc1. The summed E-state index contributed by atoms with van der Waals surface area (Å²) in [4.78, 5) is 16.3. The Hall–Kier alpha value is -2.16. The van der Waals surface area contributed by atoms with Gasteiger partial charge < -0.3 is 5.32 Å². The third-order valence-corrected chi connectivity index (χ3v) is 3.96. The van der Waals surface area contributed by atoms with Crippen LogP contribution in [0.2, 0.25) is 0 Å². The van der Waals surface area contributed by atoms with E-state index in [-0.39, 0.29) is 5.91 Å². The molecular formula is C18H20N2O. The topological polar surface area (TPSA) is 42.0 Å². The molecule has 1 amide bonds. The Bertz CT molecular complexity index is 647. The third-order valence-electron chi connectivity index (χ3n) is 3.96. The second-order valence-electron chi connectivity index (χ2n) is 5.76. The molecule has 108 valence electrons. The van der Waals surface area contributed by atoms with Gasteiger partial charge in [-0.1, -0.05) is 24.3 Å². The lowest BCUT2D eigenvalue weighted by Gasteiger charge is -2.16. The van der Waals surface area contributed by atoms with E-state index in [1.165, 1.54) is 30.4 Å². The van der Waals surface area contributed by atoms with Gasteiger partial charge in [0.05, 0.1) is 6.42 Å². The summed E-state index contributed by atoms with van der Waals surface area (Å²) in [5.74, 6) is 0.602. The Labute approximate surface area is 125 Å². The van der Waals surface area contributed by atoms with Crippen molar-refractivity contribution in [3.8, 4) is 0 Å². The first kappa shape index (κ1) is 13.8. The minimum absolute atomic E-state index is 0.0119. The largest absolute Gasteiger partial charge is 0.310 e. The second-order valence-corrected chi connectivity index (χ2v) is 5.76. The van der Waals surface area contributed by atoms with Crippen LogP contribution in [0.5, 0.6) is 0 Å². The normalized spacial score (nSPS) is 13.6. The van der Waals surface area contributed by atoms with Crippen molar-refractivity contribution < 1.29 is 4.79 Å². The Morgan fingerprint density at radius 2 is 1.95 bits per heavy atom. The third kappa shape index (κ3) is 3.48. The summed E-state index contributed by atoms with van der Waals surface area (Å²) in [5, 5.41) is 2.85. The van der Waals surface area contributed by atoms with Crippen molar-refractivity contribution in [2.24, 2.45) is 0 Å². The molecule has 21 heavy (non-hydrogen) atoms. The molecule has 0 atom stereocenters. The van der Waals surface area contributed by atoms with E-state index >= 15 is 0 Å². The molecule has 0 bridgehead atoms. The zero-order chi connectivity index (χ0) is 14.7. The van der Waals surface area contributed by atoms with Crippen LogP contribution in [-0.2, 0) is 24.1 Å². The quantitative estimate of drug-likeness (QED) is 0.935. The molecule has 1 aliphatic carbocycles. The Morgan fingerprint density at radius 3 is 2.71 bits per heavy atom. The summed E-state index contributed by atoms with van der Waals surface area (Å²) >= 11 is 0. The van der Waals surface area contributed by atoms with E-state index in [1.807, 2.05) is 19.1 Å². The number of nitrogens with zero attached hydrogens (tertiary/aromatic N) is 1. The number of carbonyl (C=O) groups excluding carboxylic acids is 1. The summed E-state index contributed by atoms with van der Waals surface area (Å²) in [7, 11) is 0. The molecule has 1 heterocycles. The highest BCUT2D eigenvalue weighted by molar-refractivity contribution is 5.91. The highest BCUT2D eigenvalue weighted by atomic mass is 16.1. The molecule has 0 unspecified atom stereocenters. The fourth-order valence-electron chi connectivity index (χ4n) is 2.81. The number of hydrogen-bond acceptors (Lipinski definition) is 2. The highest BCUT2D eigenvalue weighted by Crippen LogP contribution is 2.22. The van der Waals surface area contributed by atoms with Crippen LogP contribution >= 0.6 is 0 Å². The van der Waals surface area contributed by atoms with Gasteiger partial charge in [-0.3, -0.25) is 4.79 Å². The fourth-order valence-corrected chi connectivity index (χ4v) is 2.81. The van der Waals surface area contributed by atoms with Crippen molar-refractivity contribution in [3.63, 3.8) is 0 Å². The van der Waals surface area contributed by atoms with Gasteiger partial charge in [-0.25, -0.2) is 4.98 Å².